The van der Waals surface area contributed by atoms with Gasteiger partial charge in [-0.15, -0.1) is 0 Å². The minimum absolute atomic E-state index is 0.112. The number of esters is 1. The van der Waals surface area contributed by atoms with Crippen LogP contribution in [0.2, 0.25) is 0 Å². The predicted molar refractivity (Wildman–Crippen MR) is 36.2 cm³/mol. The molecule has 0 aliphatic rings. The molecule has 11 heavy (non-hydrogen) atoms. The molecule has 0 aliphatic heterocycles. The van der Waals surface area contributed by atoms with Gasteiger partial charge < -0.3 is 4.74 Å². The van der Waals surface area contributed by atoms with Gasteiger partial charge in [-0.1, -0.05) is 0 Å². The third kappa shape index (κ3) is 3.24. The lowest BCUT2D eigenvalue weighted by Gasteiger charge is -1.96. The summed E-state index contributed by atoms with van der Waals surface area (Å²) in [5, 5.41) is 0. The maximum Gasteiger partial charge on any atom is 0.360 e. The van der Waals surface area contributed by atoms with Gasteiger partial charge in [-0.2, -0.15) is 0 Å². The van der Waals surface area contributed by atoms with E-state index in [1.165, 1.54) is 0 Å². The van der Waals surface area contributed by atoms with Gasteiger partial charge >= 0.3 is 5.97 Å². The van der Waals surface area contributed by atoms with Crippen LogP contribution in [-0.4, -0.2) is 31.0 Å². The van der Waals surface area contributed by atoms with Gasteiger partial charge in [-0.3, -0.25) is 9.59 Å². The Labute approximate surface area is 63.1 Å². The van der Waals surface area contributed by atoms with Gasteiger partial charge in [-0.25, -0.2) is 9.79 Å². The highest BCUT2D eigenvalue weighted by molar-refractivity contribution is 6.58. The number of aliphatic imine (C=N–C) groups is 1. The monoisotopic (exact) mass is 157 g/mol. The van der Waals surface area contributed by atoms with E-state index in [2.05, 4.69) is 9.73 Å². The van der Waals surface area contributed by atoms with E-state index >= 15 is 0 Å². The summed E-state index contributed by atoms with van der Waals surface area (Å²) >= 11 is 0. The molecular weight excluding hydrogens is 150 g/mol. The highest BCUT2D eigenvalue weighted by Gasteiger charge is 2.09. The molecule has 0 N–H and O–H groups in total. The highest BCUT2D eigenvalue weighted by atomic mass is 16.5. The normalized spacial score (nSPS) is 10.5. The molecule has 0 aromatic carbocycles. The second-order valence-electron chi connectivity index (χ2n) is 1.46. The molecule has 1 amide bonds. The Kier molecular flexibility index (Phi) is 4.55. The van der Waals surface area contributed by atoms with Gasteiger partial charge in [0.2, 0.25) is 6.41 Å². The molecule has 0 saturated carbocycles. The molecule has 0 fully saturated rings. The maximum absolute atomic E-state index is 10.6. The molecule has 0 bridgehead atoms. The van der Waals surface area contributed by atoms with Crippen molar-refractivity contribution in [3.63, 3.8) is 0 Å². The Hall–Kier alpha value is -1.52. The average molecular weight is 157 g/mol. The van der Waals surface area contributed by atoms with Gasteiger partial charge in [0.05, 0.1) is 6.61 Å². The van der Waals surface area contributed by atoms with E-state index in [9.17, 15) is 14.4 Å². The molecule has 0 saturated heterocycles. The van der Waals surface area contributed by atoms with E-state index in [4.69, 9.17) is 0 Å². The van der Waals surface area contributed by atoms with E-state index < -0.39 is 11.7 Å². The largest absolute Gasteiger partial charge is 0.461 e. The van der Waals surface area contributed by atoms with Crippen molar-refractivity contribution in [3.8, 4) is 0 Å². The number of amides is 1. The lowest BCUT2D eigenvalue weighted by molar-refractivity contribution is -0.135. The Morgan fingerprint density at radius 3 is 2.55 bits per heavy atom. The fourth-order valence-corrected chi connectivity index (χ4v) is 0.393. The molecule has 0 aromatic heterocycles. The summed E-state index contributed by atoms with van der Waals surface area (Å²) in [6.07, 6.45) is 0.285. The molecule has 0 aromatic rings. The minimum atomic E-state index is -0.880. The summed E-state index contributed by atoms with van der Waals surface area (Å²) in [7, 11) is 0. The Morgan fingerprint density at radius 2 is 2.18 bits per heavy atom. The summed E-state index contributed by atoms with van der Waals surface area (Å²) in [4.78, 5) is 33.3. The van der Waals surface area contributed by atoms with Crippen LogP contribution in [0.1, 0.15) is 6.92 Å². The lowest BCUT2D eigenvalue weighted by atomic mass is 10.4. The fraction of sp³-hybridized carbons (Fsp3) is 0.333. The number of rotatable bonds is 4. The summed E-state index contributed by atoms with van der Waals surface area (Å²) < 4.78 is 4.39. The van der Waals surface area contributed by atoms with Crippen molar-refractivity contribution in [2.45, 2.75) is 6.92 Å². The first kappa shape index (κ1) is 9.48. The van der Waals surface area contributed by atoms with Crippen LogP contribution in [0.5, 0.6) is 0 Å². The Bertz CT molecular complexity index is 197. The van der Waals surface area contributed by atoms with E-state index in [-0.39, 0.29) is 19.3 Å². The van der Waals surface area contributed by atoms with Crippen LogP contribution in [0.3, 0.4) is 0 Å². The number of carbonyl (C=O) groups is 3. The molecule has 5 nitrogen and oxygen atoms in total. The van der Waals surface area contributed by atoms with E-state index in [0.717, 1.165) is 0 Å². The van der Waals surface area contributed by atoms with Gasteiger partial charge in [0.1, 0.15) is 0 Å². The first-order valence-corrected chi connectivity index (χ1v) is 2.90. The molecule has 0 unspecified atom stereocenters. The Morgan fingerprint density at radius 1 is 1.55 bits per heavy atom. The zero-order valence-electron chi connectivity index (χ0n) is 5.94. The smallest absolute Gasteiger partial charge is 0.360 e. The molecule has 0 aliphatic carbocycles. The van der Waals surface area contributed by atoms with Crippen molar-refractivity contribution >= 4 is 24.4 Å². The zero-order valence-corrected chi connectivity index (χ0v) is 5.94. The molecule has 0 rings (SSSR count). The topological polar surface area (TPSA) is 72.8 Å². The molecule has 0 spiro atoms. The van der Waals surface area contributed by atoms with Crippen LogP contribution >= 0.6 is 0 Å². The summed E-state index contributed by atoms with van der Waals surface area (Å²) in [5.41, 5.74) is -0.512. The van der Waals surface area contributed by atoms with Crippen LogP contribution < -0.4 is 0 Å². The van der Waals surface area contributed by atoms with Crippen molar-refractivity contribution < 1.29 is 19.1 Å². The molecule has 0 radical (unpaired) electrons. The van der Waals surface area contributed by atoms with Crippen LogP contribution in [0.4, 0.5) is 0 Å². The molecule has 0 atom stereocenters. The van der Waals surface area contributed by atoms with Crippen LogP contribution in [-0.2, 0) is 19.1 Å². The lowest BCUT2D eigenvalue weighted by Crippen LogP contribution is -2.18. The number of ether oxygens (including phenoxy) is 1. The van der Waals surface area contributed by atoms with Crippen molar-refractivity contribution in [1.29, 1.82) is 0 Å². The van der Waals surface area contributed by atoms with Crippen molar-refractivity contribution in [3.05, 3.63) is 0 Å². The predicted octanol–water partition coefficient (Wildman–Crippen LogP) is -0.654. The van der Waals surface area contributed by atoms with Crippen LogP contribution in [0.15, 0.2) is 4.99 Å². The Balaban J connectivity index is 4.25. The quantitative estimate of drug-likeness (QED) is 0.235. The third-order valence-corrected chi connectivity index (χ3v) is 0.788. The van der Waals surface area contributed by atoms with Gasteiger partial charge in [0, 0.05) is 0 Å². The fourth-order valence-electron chi connectivity index (χ4n) is 0.393. The van der Waals surface area contributed by atoms with Gasteiger partial charge in [0.15, 0.2) is 12.0 Å². The standard InChI is InChI=1S/C6H7NO4/c1-2-11-6(10)5(3-8)7-4-9/h3-4H,2H2,1H3. The summed E-state index contributed by atoms with van der Waals surface area (Å²) in [6, 6.07) is 0. The van der Waals surface area contributed by atoms with Gasteiger partial charge in [-0.05, 0) is 6.92 Å². The zero-order chi connectivity index (χ0) is 8.69. The van der Waals surface area contributed by atoms with Crippen molar-refractivity contribution in [2.75, 3.05) is 6.61 Å². The third-order valence-electron chi connectivity index (χ3n) is 0.788. The van der Waals surface area contributed by atoms with Crippen LogP contribution in [0.25, 0.3) is 0 Å². The SMILES string of the molecule is CCOC(=O)C(C=O)=NC=O. The average Bonchev–Trinajstić information content (AvgIpc) is 2.00. The number of hydrogen-bond acceptors (Lipinski definition) is 4. The molecule has 60 valence electrons. The minimum Gasteiger partial charge on any atom is -0.461 e. The van der Waals surface area contributed by atoms with E-state index in [1.807, 2.05) is 0 Å². The second-order valence-corrected chi connectivity index (χ2v) is 1.46. The second kappa shape index (κ2) is 5.28. The van der Waals surface area contributed by atoms with Crippen LogP contribution in [0, 0.1) is 0 Å². The summed E-state index contributed by atoms with van der Waals surface area (Å²) in [5.74, 6) is -0.880. The van der Waals surface area contributed by atoms with Crippen molar-refractivity contribution in [2.24, 2.45) is 4.99 Å². The van der Waals surface area contributed by atoms with E-state index in [1.54, 1.807) is 6.92 Å². The number of hydrogen-bond donors (Lipinski definition) is 0. The number of nitrogens with zero attached hydrogens (tertiary/aromatic N) is 1. The van der Waals surface area contributed by atoms with Crippen molar-refractivity contribution in [1.82, 2.24) is 0 Å². The first-order chi connectivity index (χ1) is 5.26. The molecule has 0 heterocycles. The first-order valence-electron chi connectivity index (χ1n) is 2.90. The van der Waals surface area contributed by atoms with Gasteiger partial charge in [0.25, 0.3) is 0 Å². The molecular formula is C6H7NO4. The van der Waals surface area contributed by atoms with E-state index in [0.29, 0.717) is 0 Å². The summed E-state index contributed by atoms with van der Waals surface area (Å²) in [6.45, 7) is 1.73. The highest BCUT2D eigenvalue weighted by Crippen LogP contribution is 1.80. The molecule has 5 heteroatoms. The maximum atomic E-state index is 10.6. The number of aldehydes is 1. The number of carbonyl (C=O) groups excluding carboxylic acids is 3.